The molecule has 2 fully saturated rings. The van der Waals surface area contributed by atoms with Crippen LogP contribution in [0.4, 0.5) is 0 Å². The fourth-order valence-corrected chi connectivity index (χ4v) is 4.50. The predicted octanol–water partition coefficient (Wildman–Crippen LogP) is 1.85. The van der Waals surface area contributed by atoms with Crippen LogP contribution in [0, 0.1) is 0 Å². The van der Waals surface area contributed by atoms with E-state index in [-0.39, 0.29) is 49.4 Å². The highest BCUT2D eigenvalue weighted by atomic mass is 16.3. The molecule has 2 saturated heterocycles. The zero-order valence-electron chi connectivity index (χ0n) is 16.4. The molecule has 3 heterocycles. The second-order valence-electron chi connectivity index (χ2n) is 7.62. The lowest BCUT2D eigenvalue weighted by atomic mass is 9.73. The van der Waals surface area contributed by atoms with Gasteiger partial charge in [-0.05, 0) is 29.7 Å². The number of aliphatic hydroxyl groups excluding tert-OH is 1. The molecule has 29 heavy (non-hydrogen) atoms. The van der Waals surface area contributed by atoms with Crippen LogP contribution in [0.2, 0.25) is 0 Å². The van der Waals surface area contributed by atoms with Gasteiger partial charge in [0, 0.05) is 24.9 Å². The molecule has 2 aliphatic heterocycles. The average Bonchev–Trinajstić information content (AvgIpc) is 2.71. The number of carbonyl (C=O) groups is 2. The van der Waals surface area contributed by atoms with Gasteiger partial charge in [-0.25, -0.2) is 0 Å². The summed E-state index contributed by atoms with van der Waals surface area (Å²) in [5, 5.41) is 9.89. The van der Waals surface area contributed by atoms with Gasteiger partial charge in [-0.1, -0.05) is 42.5 Å². The Hall–Kier alpha value is -2.99. The molecule has 4 rings (SSSR count). The Balaban J connectivity index is 1.52. The molecular formula is C23H25N3O3. The van der Waals surface area contributed by atoms with E-state index >= 15 is 0 Å². The molecule has 0 radical (unpaired) electrons. The van der Waals surface area contributed by atoms with Gasteiger partial charge in [0.15, 0.2) is 0 Å². The molecule has 0 bridgehead atoms. The highest BCUT2D eigenvalue weighted by Crippen LogP contribution is 2.43. The number of aromatic nitrogens is 1. The Morgan fingerprint density at radius 1 is 1.28 bits per heavy atom. The van der Waals surface area contributed by atoms with Crippen molar-refractivity contribution in [1.82, 2.24) is 14.8 Å². The SMILES string of the molecule is C/C=C/c1ccc([C@@H]2[C@H]3CN(C(=O)Cc4cccnc4)CC(=O)N3[C@H]2CO)cc1. The van der Waals surface area contributed by atoms with Crippen molar-refractivity contribution in [3.05, 3.63) is 71.6 Å². The smallest absolute Gasteiger partial charge is 0.242 e. The van der Waals surface area contributed by atoms with E-state index in [4.69, 9.17) is 0 Å². The topological polar surface area (TPSA) is 73.7 Å². The molecule has 3 atom stereocenters. The molecule has 0 aliphatic carbocycles. The highest BCUT2D eigenvalue weighted by molar-refractivity contribution is 5.88. The maximum absolute atomic E-state index is 12.8. The molecule has 1 aromatic carbocycles. The Labute approximate surface area is 170 Å². The largest absolute Gasteiger partial charge is 0.394 e. The molecule has 1 aromatic heterocycles. The summed E-state index contributed by atoms with van der Waals surface area (Å²) in [6.07, 6.45) is 7.60. The molecule has 1 N–H and O–H groups in total. The second kappa shape index (κ2) is 8.17. The minimum absolute atomic E-state index is 0.0256. The van der Waals surface area contributed by atoms with E-state index in [2.05, 4.69) is 17.1 Å². The number of hydrogen-bond donors (Lipinski definition) is 1. The molecule has 0 spiro atoms. The van der Waals surface area contributed by atoms with Crippen molar-refractivity contribution in [2.24, 2.45) is 0 Å². The van der Waals surface area contributed by atoms with Crippen molar-refractivity contribution < 1.29 is 14.7 Å². The minimum atomic E-state index is -0.226. The third-order valence-electron chi connectivity index (χ3n) is 5.86. The number of pyridine rings is 1. The minimum Gasteiger partial charge on any atom is -0.394 e. The first-order chi connectivity index (χ1) is 14.1. The summed E-state index contributed by atoms with van der Waals surface area (Å²) in [5.74, 6) is -0.139. The summed E-state index contributed by atoms with van der Waals surface area (Å²) in [6.45, 7) is 2.46. The van der Waals surface area contributed by atoms with Gasteiger partial charge in [0.25, 0.3) is 0 Å². The molecule has 2 amide bonds. The summed E-state index contributed by atoms with van der Waals surface area (Å²) in [5.41, 5.74) is 3.04. The summed E-state index contributed by atoms with van der Waals surface area (Å²) < 4.78 is 0. The van der Waals surface area contributed by atoms with Crippen molar-refractivity contribution in [3.63, 3.8) is 0 Å². The van der Waals surface area contributed by atoms with Gasteiger partial charge in [0.1, 0.15) is 0 Å². The average molecular weight is 391 g/mol. The zero-order valence-corrected chi connectivity index (χ0v) is 16.4. The quantitative estimate of drug-likeness (QED) is 0.844. The maximum Gasteiger partial charge on any atom is 0.242 e. The number of benzene rings is 1. The van der Waals surface area contributed by atoms with Crippen LogP contribution >= 0.6 is 0 Å². The Bertz CT molecular complexity index is 911. The van der Waals surface area contributed by atoms with Gasteiger partial charge in [-0.15, -0.1) is 0 Å². The highest BCUT2D eigenvalue weighted by Gasteiger charge is 2.54. The van der Waals surface area contributed by atoms with Gasteiger partial charge >= 0.3 is 0 Å². The van der Waals surface area contributed by atoms with E-state index in [1.54, 1.807) is 28.3 Å². The first kappa shape index (κ1) is 19.3. The molecule has 2 aliphatic rings. The van der Waals surface area contributed by atoms with Gasteiger partial charge in [-0.3, -0.25) is 14.6 Å². The Morgan fingerprint density at radius 2 is 2.07 bits per heavy atom. The number of piperazine rings is 1. The first-order valence-corrected chi connectivity index (χ1v) is 9.93. The third kappa shape index (κ3) is 3.68. The number of rotatable bonds is 5. The van der Waals surface area contributed by atoms with Crippen LogP contribution < -0.4 is 0 Å². The predicted molar refractivity (Wildman–Crippen MR) is 110 cm³/mol. The summed E-state index contributed by atoms with van der Waals surface area (Å²) in [7, 11) is 0. The lowest BCUT2D eigenvalue weighted by molar-refractivity contribution is -0.166. The number of aliphatic hydroxyl groups is 1. The number of fused-ring (bicyclic) bond motifs is 1. The monoisotopic (exact) mass is 391 g/mol. The maximum atomic E-state index is 12.8. The van der Waals surface area contributed by atoms with Crippen LogP contribution in [-0.2, 0) is 16.0 Å². The fourth-order valence-electron chi connectivity index (χ4n) is 4.50. The number of carbonyl (C=O) groups excluding carboxylic acids is 2. The van der Waals surface area contributed by atoms with Gasteiger partial charge < -0.3 is 14.9 Å². The van der Waals surface area contributed by atoms with Crippen LogP contribution in [0.3, 0.4) is 0 Å². The van der Waals surface area contributed by atoms with E-state index in [0.29, 0.717) is 6.54 Å². The van der Waals surface area contributed by atoms with Crippen molar-refractivity contribution in [2.75, 3.05) is 19.7 Å². The van der Waals surface area contributed by atoms with Crippen LogP contribution in [-0.4, -0.2) is 63.5 Å². The summed E-state index contributed by atoms with van der Waals surface area (Å²) in [4.78, 5) is 32.9. The Morgan fingerprint density at radius 3 is 2.72 bits per heavy atom. The van der Waals surface area contributed by atoms with Crippen molar-refractivity contribution in [1.29, 1.82) is 0 Å². The van der Waals surface area contributed by atoms with Crippen molar-refractivity contribution in [3.8, 4) is 0 Å². The number of amides is 2. The van der Waals surface area contributed by atoms with E-state index in [9.17, 15) is 14.7 Å². The van der Waals surface area contributed by atoms with E-state index in [1.807, 2.05) is 37.3 Å². The van der Waals surface area contributed by atoms with Gasteiger partial charge in [-0.2, -0.15) is 0 Å². The van der Waals surface area contributed by atoms with Crippen LogP contribution in [0.1, 0.15) is 29.5 Å². The van der Waals surface area contributed by atoms with E-state index in [1.165, 1.54) is 0 Å². The van der Waals surface area contributed by atoms with Gasteiger partial charge in [0.2, 0.25) is 11.8 Å². The van der Waals surface area contributed by atoms with Gasteiger partial charge in [0.05, 0.1) is 31.7 Å². The summed E-state index contributed by atoms with van der Waals surface area (Å²) in [6, 6.07) is 11.5. The first-order valence-electron chi connectivity index (χ1n) is 9.93. The number of nitrogens with zero attached hydrogens (tertiary/aromatic N) is 3. The molecule has 0 saturated carbocycles. The molecular weight excluding hydrogens is 366 g/mol. The second-order valence-corrected chi connectivity index (χ2v) is 7.62. The molecule has 6 heteroatoms. The van der Waals surface area contributed by atoms with E-state index < -0.39 is 0 Å². The number of allylic oxidation sites excluding steroid dienone is 1. The summed E-state index contributed by atoms with van der Waals surface area (Å²) >= 11 is 0. The standard InChI is InChI=1S/C23H25N3O3/c1-2-4-16-6-8-18(9-7-16)23-19-13-25(14-22(29)26(19)20(23)15-27)21(28)11-17-5-3-10-24-12-17/h2-10,12,19-20,23,27H,11,13-15H2,1H3/b4-2+/t19-,20+,23-/m1/s1. The van der Waals surface area contributed by atoms with Crippen molar-refractivity contribution in [2.45, 2.75) is 31.3 Å². The third-order valence-corrected chi connectivity index (χ3v) is 5.86. The molecule has 2 aromatic rings. The zero-order chi connectivity index (χ0) is 20.4. The molecule has 0 unspecified atom stereocenters. The van der Waals surface area contributed by atoms with Crippen LogP contribution in [0.15, 0.2) is 54.9 Å². The van der Waals surface area contributed by atoms with Crippen LogP contribution in [0.25, 0.3) is 6.08 Å². The molecule has 6 nitrogen and oxygen atoms in total. The fraction of sp³-hybridized carbons (Fsp3) is 0.348. The number of hydrogen-bond acceptors (Lipinski definition) is 4. The van der Waals surface area contributed by atoms with Crippen LogP contribution in [0.5, 0.6) is 0 Å². The normalized spacial score (nSPS) is 23.8. The lowest BCUT2D eigenvalue weighted by Crippen LogP contribution is -2.73. The van der Waals surface area contributed by atoms with Crippen molar-refractivity contribution >= 4 is 17.9 Å². The lowest BCUT2D eigenvalue weighted by Gasteiger charge is -2.58. The molecule has 150 valence electrons. The Kier molecular flexibility index (Phi) is 5.45. The van der Waals surface area contributed by atoms with E-state index in [0.717, 1.165) is 16.7 Å².